The molecule has 156 valence electrons. The molecular formula is C23H18N2O6. The average Bonchev–Trinajstić information content (AvgIpc) is 2.73. The number of carbonyl (C=O) groups is 1. The lowest BCUT2D eigenvalue weighted by Gasteiger charge is -2.14. The van der Waals surface area contributed by atoms with Crippen LogP contribution in [0.25, 0.3) is 21.8 Å². The van der Waals surface area contributed by atoms with Crippen molar-refractivity contribution in [1.82, 2.24) is 4.98 Å². The number of nitro groups is 1. The molecular weight excluding hydrogens is 400 g/mol. The van der Waals surface area contributed by atoms with Gasteiger partial charge in [-0.3, -0.25) is 10.1 Å². The number of rotatable bonds is 4. The molecule has 4 aromatic rings. The van der Waals surface area contributed by atoms with Crippen molar-refractivity contribution in [3.63, 3.8) is 0 Å². The van der Waals surface area contributed by atoms with E-state index in [0.717, 1.165) is 0 Å². The largest absolute Gasteiger partial charge is 0.508 e. The average molecular weight is 418 g/mol. The Hall–Kier alpha value is -4.20. The lowest BCUT2D eigenvalue weighted by Crippen LogP contribution is -2.12. The van der Waals surface area contributed by atoms with Crippen molar-refractivity contribution in [1.29, 1.82) is 0 Å². The van der Waals surface area contributed by atoms with Crippen LogP contribution in [0.1, 0.15) is 21.5 Å². The summed E-state index contributed by atoms with van der Waals surface area (Å²) >= 11 is 0. The topological polar surface area (TPSA) is 112 Å². The van der Waals surface area contributed by atoms with Gasteiger partial charge in [-0.15, -0.1) is 0 Å². The third-order valence-corrected chi connectivity index (χ3v) is 5.02. The second-order valence-electron chi connectivity index (χ2n) is 7.13. The Balaban J connectivity index is 1.92. The van der Waals surface area contributed by atoms with Crippen LogP contribution in [0.3, 0.4) is 0 Å². The molecule has 1 aromatic heterocycles. The molecule has 31 heavy (non-hydrogen) atoms. The van der Waals surface area contributed by atoms with Gasteiger partial charge in [-0.05, 0) is 61.4 Å². The minimum Gasteiger partial charge on any atom is -0.508 e. The summed E-state index contributed by atoms with van der Waals surface area (Å²) < 4.78 is 11.0. The molecule has 1 heterocycles. The van der Waals surface area contributed by atoms with E-state index in [1.54, 1.807) is 38.1 Å². The number of non-ortho nitro benzene ring substituents is 1. The Kier molecular flexibility index (Phi) is 4.90. The van der Waals surface area contributed by atoms with Crippen LogP contribution in [-0.2, 0) is 0 Å². The molecule has 0 spiro atoms. The molecule has 0 radical (unpaired) electrons. The van der Waals surface area contributed by atoms with Crippen molar-refractivity contribution in [2.75, 3.05) is 7.11 Å². The zero-order valence-electron chi connectivity index (χ0n) is 17.0. The first-order valence-electron chi connectivity index (χ1n) is 9.37. The van der Waals surface area contributed by atoms with E-state index < -0.39 is 10.9 Å². The van der Waals surface area contributed by atoms with Crippen molar-refractivity contribution < 1.29 is 24.3 Å². The standard InChI is InChI=1S/C23H18N2O6/c1-12-8-14(25(28)29)9-13(2)22(12)31-23(27)21-17-10-15(26)4-6-19(17)24-20-7-5-16(30-3)11-18(20)21/h4-11,26H,1-3H3. The van der Waals surface area contributed by atoms with Gasteiger partial charge in [0.2, 0.25) is 0 Å². The van der Waals surface area contributed by atoms with E-state index in [2.05, 4.69) is 4.98 Å². The number of pyridine rings is 1. The van der Waals surface area contributed by atoms with Crippen molar-refractivity contribution in [2.24, 2.45) is 0 Å². The fraction of sp³-hybridized carbons (Fsp3) is 0.130. The summed E-state index contributed by atoms with van der Waals surface area (Å²) in [6.07, 6.45) is 0. The number of aromatic hydroxyl groups is 1. The fourth-order valence-electron chi connectivity index (χ4n) is 3.59. The first-order valence-corrected chi connectivity index (χ1v) is 9.37. The zero-order chi connectivity index (χ0) is 22.3. The number of phenols is 1. The second-order valence-corrected chi connectivity index (χ2v) is 7.13. The van der Waals surface area contributed by atoms with E-state index in [0.29, 0.717) is 38.7 Å². The van der Waals surface area contributed by atoms with Crippen LogP contribution in [0.5, 0.6) is 17.2 Å². The monoisotopic (exact) mass is 418 g/mol. The summed E-state index contributed by atoms with van der Waals surface area (Å²) in [5.74, 6) is 0.0897. The molecule has 0 aliphatic rings. The van der Waals surface area contributed by atoms with E-state index in [4.69, 9.17) is 9.47 Å². The molecule has 0 atom stereocenters. The highest BCUT2D eigenvalue weighted by atomic mass is 16.6. The van der Waals surface area contributed by atoms with Crippen molar-refractivity contribution in [3.8, 4) is 17.2 Å². The number of hydrogen-bond donors (Lipinski definition) is 1. The van der Waals surface area contributed by atoms with E-state index >= 15 is 0 Å². The molecule has 4 rings (SSSR count). The highest BCUT2D eigenvalue weighted by Gasteiger charge is 2.22. The van der Waals surface area contributed by atoms with Crippen LogP contribution >= 0.6 is 0 Å². The third kappa shape index (κ3) is 3.59. The summed E-state index contributed by atoms with van der Waals surface area (Å²) in [6, 6.07) is 12.4. The number of nitrogens with zero attached hydrogens (tertiary/aromatic N) is 2. The molecule has 8 nitrogen and oxygen atoms in total. The first-order chi connectivity index (χ1) is 14.8. The smallest absolute Gasteiger partial charge is 0.344 e. The Morgan fingerprint density at radius 2 is 1.61 bits per heavy atom. The summed E-state index contributed by atoms with van der Waals surface area (Å²) in [5.41, 5.74) is 2.13. The maximum Gasteiger partial charge on any atom is 0.344 e. The zero-order valence-corrected chi connectivity index (χ0v) is 17.0. The van der Waals surface area contributed by atoms with Gasteiger partial charge in [0.05, 0.1) is 28.6 Å². The van der Waals surface area contributed by atoms with Crippen molar-refractivity contribution >= 4 is 33.5 Å². The number of fused-ring (bicyclic) bond motifs is 2. The van der Waals surface area contributed by atoms with Crippen molar-refractivity contribution in [3.05, 3.63) is 75.3 Å². The molecule has 8 heteroatoms. The number of phenolic OH excluding ortho intramolecular Hbond substituents is 1. The fourth-order valence-corrected chi connectivity index (χ4v) is 3.59. The number of aromatic nitrogens is 1. The number of esters is 1. The summed E-state index contributed by atoms with van der Waals surface area (Å²) in [7, 11) is 1.52. The predicted octanol–water partition coefficient (Wildman–Crippen LogP) is 4.85. The van der Waals surface area contributed by atoms with Gasteiger partial charge in [-0.2, -0.15) is 0 Å². The first kappa shape index (κ1) is 20.1. The molecule has 3 aromatic carbocycles. The van der Waals surface area contributed by atoms with Gasteiger partial charge in [-0.1, -0.05) is 0 Å². The van der Waals surface area contributed by atoms with E-state index in [1.165, 1.54) is 31.4 Å². The lowest BCUT2D eigenvalue weighted by molar-refractivity contribution is -0.385. The SMILES string of the molecule is COc1ccc2nc3ccc(O)cc3c(C(=O)Oc3c(C)cc([N+](=O)[O-])cc3C)c2c1. The maximum absolute atomic E-state index is 13.4. The van der Waals surface area contributed by atoms with Gasteiger partial charge in [0.1, 0.15) is 17.2 Å². The molecule has 0 unspecified atom stereocenters. The van der Waals surface area contributed by atoms with Crippen LogP contribution in [-0.4, -0.2) is 28.1 Å². The van der Waals surface area contributed by atoms with Gasteiger partial charge in [0.25, 0.3) is 5.69 Å². The van der Waals surface area contributed by atoms with Gasteiger partial charge in [0, 0.05) is 22.9 Å². The lowest BCUT2D eigenvalue weighted by atomic mass is 10.0. The van der Waals surface area contributed by atoms with E-state index in [9.17, 15) is 20.0 Å². The van der Waals surface area contributed by atoms with E-state index in [-0.39, 0.29) is 22.7 Å². The Bertz CT molecular complexity index is 1360. The molecule has 0 saturated carbocycles. The van der Waals surface area contributed by atoms with Crippen LogP contribution < -0.4 is 9.47 Å². The molecule has 0 aliphatic heterocycles. The van der Waals surface area contributed by atoms with Crippen LogP contribution in [0.15, 0.2) is 48.5 Å². The normalized spacial score (nSPS) is 10.9. The van der Waals surface area contributed by atoms with Gasteiger partial charge in [0.15, 0.2) is 0 Å². The summed E-state index contributed by atoms with van der Waals surface area (Å²) in [5, 5.41) is 22.0. The van der Waals surface area contributed by atoms with Crippen molar-refractivity contribution in [2.45, 2.75) is 13.8 Å². The third-order valence-electron chi connectivity index (χ3n) is 5.02. The highest BCUT2D eigenvalue weighted by Crippen LogP contribution is 2.34. The van der Waals surface area contributed by atoms with Crippen LogP contribution in [0.2, 0.25) is 0 Å². The van der Waals surface area contributed by atoms with Gasteiger partial charge < -0.3 is 14.6 Å². The molecule has 0 saturated heterocycles. The Morgan fingerprint density at radius 1 is 1.00 bits per heavy atom. The number of nitro benzene ring substituents is 1. The maximum atomic E-state index is 13.4. The molecule has 0 bridgehead atoms. The minimum atomic E-state index is -0.670. The number of benzene rings is 3. The Morgan fingerprint density at radius 3 is 2.23 bits per heavy atom. The van der Waals surface area contributed by atoms with Gasteiger partial charge >= 0.3 is 5.97 Å². The molecule has 0 aliphatic carbocycles. The highest BCUT2D eigenvalue weighted by molar-refractivity contribution is 6.15. The number of methoxy groups -OCH3 is 1. The van der Waals surface area contributed by atoms with Crippen LogP contribution in [0.4, 0.5) is 5.69 Å². The number of hydrogen-bond acceptors (Lipinski definition) is 7. The van der Waals surface area contributed by atoms with E-state index in [1.807, 2.05) is 0 Å². The second kappa shape index (κ2) is 7.56. The number of ether oxygens (including phenoxy) is 2. The summed E-state index contributed by atoms with van der Waals surface area (Å²) in [4.78, 5) is 28.5. The molecule has 1 N–H and O–H groups in total. The molecule has 0 amide bonds. The number of aryl methyl sites for hydroxylation is 2. The predicted molar refractivity (Wildman–Crippen MR) is 115 cm³/mol. The quantitative estimate of drug-likeness (QED) is 0.166. The number of carbonyl (C=O) groups excluding carboxylic acids is 1. The minimum absolute atomic E-state index is 0.0201. The molecule has 0 fully saturated rings. The van der Waals surface area contributed by atoms with Crippen LogP contribution in [0, 0.1) is 24.0 Å². The van der Waals surface area contributed by atoms with Gasteiger partial charge in [-0.25, -0.2) is 9.78 Å². The summed E-state index contributed by atoms with van der Waals surface area (Å²) in [6.45, 7) is 3.28. The Labute approximate surface area is 176 Å².